The number of aryl methyl sites for hydroxylation is 2. The van der Waals surface area contributed by atoms with Crippen LogP contribution in [0, 0.1) is 19.8 Å². The summed E-state index contributed by atoms with van der Waals surface area (Å²) in [7, 11) is 0. The van der Waals surface area contributed by atoms with Gasteiger partial charge in [-0.2, -0.15) is 5.10 Å². The second-order valence-corrected chi connectivity index (χ2v) is 10.4. The van der Waals surface area contributed by atoms with Gasteiger partial charge < -0.3 is 10.6 Å². The second kappa shape index (κ2) is 9.38. The van der Waals surface area contributed by atoms with E-state index in [1.165, 1.54) is 4.88 Å². The van der Waals surface area contributed by atoms with E-state index in [-0.39, 0.29) is 23.8 Å². The van der Waals surface area contributed by atoms with Crippen LogP contribution in [0.4, 0.5) is 11.4 Å². The van der Waals surface area contributed by atoms with Gasteiger partial charge in [-0.1, -0.05) is 13.8 Å². The lowest BCUT2D eigenvalue weighted by molar-refractivity contribution is -0.118. The standard InChI is InChI=1S/C26H29N5O2S/c1-14(2)25(32)28-18-7-9-19(10-8-18)29-26(33)21-12-23(20-11-16(5)34-17(20)6)30-24-22(21)13-27-31(24)15(3)4/h7-15H,1-6H3,(H,28,32)(H,29,33). The Kier molecular flexibility index (Phi) is 6.52. The summed E-state index contributed by atoms with van der Waals surface area (Å²) in [6, 6.07) is 11.2. The van der Waals surface area contributed by atoms with Crippen molar-refractivity contribution in [1.82, 2.24) is 14.8 Å². The molecule has 0 saturated carbocycles. The van der Waals surface area contributed by atoms with Crippen LogP contribution in [0.3, 0.4) is 0 Å². The van der Waals surface area contributed by atoms with Crippen molar-refractivity contribution in [2.75, 3.05) is 10.6 Å². The maximum absolute atomic E-state index is 13.4. The molecule has 0 aliphatic carbocycles. The topological polar surface area (TPSA) is 88.9 Å². The molecule has 3 aromatic heterocycles. The summed E-state index contributed by atoms with van der Waals surface area (Å²) in [6.45, 7) is 11.9. The lowest BCUT2D eigenvalue weighted by Crippen LogP contribution is -2.17. The number of benzene rings is 1. The number of carbonyl (C=O) groups is 2. The Morgan fingerprint density at radius 2 is 1.62 bits per heavy atom. The fourth-order valence-electron chi connectivity index (χ4n) is 3.73. The van der Waals surface area contributed by atoms with Crippen molar-refractivity contribution in [2.45, 2.75) is 47.6 Å². The number of hydrogen-bond donors (Lipinski definition) is 2. The molecule has 4 rings (SSSR count). The van der Waals surface area contributed by atoms with Crippen LogP contribution < -0.4 is 10.6 Å². The molecule has 0 radical (unpaired) electrons. The molecular weight excluding hydrogens is 446 g/mol. The highest BCUT2D eigenvalue weighted by Crippen LogP contribution is 2.33. The highest BCUT2D eigenvalue weighted by molar-refractivity contribution is 7.12. The van der Waals surface area contributed by atoms with Gasteiger partial charge in [0.2, 0.25) is 5.91 Å². The third-order valence-electron chi connectivity index (χ3n) is 5.55. The van der Waals surface area contributed by atoms with Gasteiger partial charge in [-0.25, -0.2) is 9.67 Å². The van der Waals surface area contributed by atoms with Crippen LogP contribution in [-0.4, -0.2) is 26.6 Å². The number of anilines is 2. The molecule has 4 aromatic rings. The second-order valence-electron chi connectivity index (χ2n) is 8.98. The zero-order chi connectivity index (χ0) is 24.6. The number of nitrogens with zero attached hydrogens (tertiary/aromatic N) is 3. The molecule has 2 amide bonds. The van der Waals surface area contributed by atoms with E-state index in [4.69, 9.17) is 4.98 Å². The third kappa shape index (κ3) is 4.72. The molecule has 176 valence electrons. The largest absolute Gasteiger partial charge is 0.326 e. The molecule has 0 aliphatic heterocycles. The summed E-state index contributed by atoms with van der Waals surface area (Å²) in [4.78, 5) is 32.5. The Morgan fingerprint density at radius 3 is 2.18 bits per heavy atom. The van der Waals surface area contributed by atoms with E-state index in [1.54, 1.807) is 41.8 Å². The van der Waals surface area contributed by atoms with Gasteiger partial charge in [0, 0.05) is 38.7 Å². The molecule has 2 N–H and O–H groups in total. The highest BCUT2D eigenvalue weighted by Gasteiger charge is 2.20. The summed E-state index contributed by atoms with van der Waals surface area (Å²) >= 11 is 1.71. The van der Waals surface area contributed by atoms with E-state index in [0.29, 0.717) is 28.0 Å². The summed E-state index contributed by atoms with van der Waals surface area (Å²) in [5, 5.41) is 11.0. The van der Waals surface area contributed by atoms with Crippen LogP contribution in [0.2, 0.25) is 0 Å². The van der Waals surface area contributed by atoms with E-state index in [9.17, 15) is 9.59 Å². The zero-order valence-corrected chi connectivity index (χ0v) is 21.1. The Bertz CT molecular complexity index is 1370. The highest BCUT2D eigenvalue weighted by atomic mass is 32.1. The molecule has 0 saturated heterocycles. The van der Waals surface area contributed by atoms with Crippen LogP contribution in [0.15, 0.2) is 42.6 Å². The van der Waals surface area contributed by atoms with E-state index < -0.39 is 0 Å². The van der Waals surface area contributed by atoms with Crippen molar-refractivity contribution in [3.05, 3.63) is 57.9 Å². The molecule has 34 heavy (non-hydrogen) atoms. The van der Waals surface area contributed by atoms with Gasteiger partial charge in [0.05, 0.1) is 22.8 Å². The first-order valence-electron chi connectivity index (χ1n) is 11.3. The molecule has 0 fully saturated rings. The molecule has 0 unspecified atom stereocenters. The smallest absolute Gasteiger partial charge is 0.256 e. The fourth-order valence-corrected chi connectivity index (χ4v) is 4.66. The quantitative estimate of drug-likeness (QED) is 0.347. The number of aromatic nitrogens is 3. The van der Waals surface area contributed by atoms with E-state index in [0.717, 1.165) is 16.1 Å². The molecule has 0 atom stereocenters. The van der Waals surface area contributed by atoms with Gasteiger partial charge in [0.25, 0.3) is 5.91 Å². The molecular formula is C26H29N5O2S. The minimum Gasteiger partial charge on any atom is -0.326 e. The normalized spacial score (nSPS) is 11.4. The first-order chi connectivity index (χ1) is 16.1. The molecule has 0 aliphatic rings. The monoisotopic (exact) mass is 475 g/mol. The van der Waals surface area contributed by atoms with E-state index in [2.05, 4.69) is 35.6 Å². The number of thiophene rings is 1. The Morgan fingerprint density at radius 1 is 0.971 bits per heavy atom. The van der Waals surface area contributed by atoms with Crippen molar-refractivity contribution in [1.29, 1.82) is 0 Å². The zero-order valence-electron chi connectivity index (χ0n) is 20.3. The predicted octanol–water partition coefficient (Wildman–Crippen LogP) is 6.20. The van der Waals surface area contributed by atoms with Crippen molar-refractivity contribution in [3.63, 3.8) is 0 Å². The van der Waals surface area contributed by atoms with E-state index >= 15 is 0 Å². The molecule has 0 bridgehead atoms. The van der Waals surface area contributed by atoms with Gasteiger partial charge in [-0.05, 0) is 64.1 Å². The van der Waals surface area contributed by atoms with Crippen molar-refractivity contribution in [3.8, 4) is 11.3 Å². The molecule has 0 spiro atoms. The van der Waals surface area contributed by atoms with Crippen LogP contribution in [-0.2, 0) is 4.79 Å². The molecule has 3 heterocycles. The van der Waals surface area contributed by atoms with Gasteiger partial charge in [-0.15, -0.1) is 11.3 Å². The lowest BCUT2D eigenvalue weighted by atomic mass is 10.1. The Hall–Kier alpha value is -3.52. The minimum absolute atomic E-state index is 0.0513. The number of fused-ring (bicyclic) bond motifs is 1. The first-order valence-corrected chi connectivity index (χ1v) is 12.1. The number of amides is 2. The minimum atomic E-state index is -0.236. The van der Waals surface area contributed by atoms with Gasteiger partial charge in [0.15, 0.2) is 5.65 Å². The van der Waals surface area contributed by atoms with Crippen molar-refractivity contribution < 1.29 is 9.59 Å². The third-order valence-corrected chi connectivity index (χ3v) is 6.52. The number of pyridine rings is 1. The van der Waals surface area contributed by atoms with Crippen LogP contribution >= 0.6 is 11.3 Å². The summed E-state index contributed by atoms with van der Waals surface area (Å²) in [5.74, 6) is -0.393. The van der Waals surface area contributed by atoms with Gasteiger partial charge in [-0.3, -0.25) is 9.59 Å². The average molecular weight is 476 g/mol. The van der Waals surface area contributed by atoms with Gasteiger partial charge >= 0.3 is 0 Å². The lowest BCUT2D eigenvalue weighted by Gasteiger charge is -2.12. The first kappa shape index (κ1) is 23.6. The maximum atomic E-state index is 13.4. The summed E-state index contributed by atoms with van der Waals surface area (Å²) in [5.41, 5.74) is 4.32. The maximum Gasteiger partial charge on any atom is 0.256 e. The molecule has 1 aromatic carbocycles. The fraction of sp³-hybridized carbons (Fsp3) is 0.308. The summed E-state index contributed by atoms with van der Waals surface area (Å²) < 4.78 is 1.84. The number of carbonyl (C=O) groups excluding carboxylic acids is 2. The number of rotatable bonds is 6. The average Bonchev–Trinajstić information content (AvgIpc) is 3.36. The predicted molar refractivity (Wildman–Crippen MR) is 139 cm³/mol. The van der Waals surface area contributed by atoms with Crippen LogP contribution in [0.5, 0.6) is 0 Å². The Labute approximate surface area is 203 Å². The number of hydrogen-bond acceptors (Lipinski definition) is 5. The van der Waals surface area contributed by atoms with E-state index in [1.807, 2.05) is 38.4 Å². The number of nitrogens with one attached hydrogen (secondary N) is 2. The SMILES string of the molecule is Cc1cc(-c2cc(C(=O)Nc3ccc(NC(=O)C(C)C)cc3)c3cnn(C(C)C)c3n2)c(C)s1. The summed E-state index contributed by atoms with van der Waals surface area (Å²) in [6.07, 6.45) is 1.71. The van der Waals surface area contributed by atoms with Crippen LogP contribution in [0.25, 0.3) is 22.3 Å². The Balaban J connectivity index is 1.69. The van der Waals surface area contributed by atoms with Crippen molar-refractivity contribution >= 4 is 45.6 Å². The molecule has 7 nitrogen and oxygen atoms in total. The van der Waals surface area contributed by atoms with Crippen molar-refractivity contribution in [2.24, 2.45) is 5.92 Å². The van der Waals surface area contributed by atoms with Crippen LogP contribution in [0.1, 0.15) is 53.8 Å². The van der Waals surface area contributed by atoms with Gasteiger partial charge in [0.1, 0.15) is 0 Å². The molecule has 8 heteroatoms.